The molecule has 1 aromatic carbocycles. The van der Waals surface area contributed by atoms with E-state index in [-0.39, 0.29) is 0 Å². The Morgan fingerprint density at radius 2 is 1.92 bits per heavy atom. The molecule has 0 saturated carbocycles. The van der Waals surface area contributed by atoms with Gasteiger partial charge in [0.25, 0.3) is 0 Å². The Kier molecular flexibility index (Phi) is 5.05. The Labute approximate surface area is 142 Å². The number of anilines is 1. The van der Waals surface area contributed by atoms with Crippen molar-refractivity contribution in [1.82, 2.24) is 19.7 Å². The summed E-state index contributed by atoms with van der Waals surface area (Å²) in [7, 11) is 4.33. The van der Waals surface area contributed by atoms with Crippen molar-refractivity contribution in [2.75, 3.05) is 32.5 Å². The lowest BCUT2D eigenvalue weighted by atomic mass is 10.1. The van der Waals surface area contributed by atoms with Gasteiger partial charge in [-0.05, 0) is 12.5 Å². The normalized spacial score (nSPS) is 11.3. The van der Waals surface area contributed by atoms with Gasteiger partial charge in [-0.25, -0.2) is 14.6 Å². The topological polar surface area (TPSA) is 60.1 Å². The van der Waals surface area contributed by atoms with Gasteiger partial charge < -0.3 is 10.2 Å². The summed E-state index contributed by atoms with van der Waals surface area (Å²) in [6.07, 6.45) is 4.56. The Morgan fingerprint density at radius 1 is 1.12 bits per heavy atom. The fraction of sp³-hybridized carbons (Fsp3) is 0.389. The molecule has 126 valence electrons. The smallest absolute Gasteiger partial charge is 0.163 e. The monoisotopic (exact) mass is 325 g/mol. The average molecular weight is 325 g/mol. The van der Waals surface area contributed by atoms with E-state index in [0.29, 0.717) is 6.54 Å². The summed E-state index contributed by atoms with van der Waals surface area (Å²) < 4.78 is 1.93. The van der Waals surface area contributed by atoms with Gasteiger partial charge in [-0.15, -0.1) is 0 Å². The lowest BCUT2D eigenvalue weighted by molar-refractivity contribution is -0.858. The van der Waals surface area contributed by atoms with Crippen molar-refractivity contribution in [2.45, 2.75) is 19.9 Å². The molecule has 6 heteroatoms. The molecule has 0 aliphatic rings. The van der Waals surface area contributed by atoms with Crippen molar-refractivity contribution in [2.24, 2.45) is 0 Å². The highest BCUT2D eigenvalue weighted by Gasteiger charge is 2.10. The highest BCUT2D eigenvalue weighted by Crippen LogP contribution is 2.19. The van der Waals surface area contributed by atoms with Gasteiger partial charge in [0.1, 0.15) is 12.1 Å². The van der Waals surface area contributed by atoms with Gasteiger partial charge in [-0.3, -0.25) is 0 Å². The van der Waals surface area contributed by atoms with E-state index in [4.69, 9.17) is 0 Å². The molecule has 0 bridgehead atoms. The summed E-state index contributed by atoms with van der Waals surface area (Å²) in [5.41, 5.74) is 3.34. The van der Waals surface area contributed by atoms with Crippen LogP contribution in [0, 0.1) is 6.92 Å². The standard InChI is InChI=1S/C18H24N6/c1-14-5-7-15(8-6-14)12-24-18-16(11-22-24)17(20-13-21-18)19-9-4-10-23(2)3/h5-8,11,13H,4,9-10,12H2,1-3H3,(H,19,20,21)/p+1. The van der Waals surface area contributed by atoms with Gasteiger partial charge in [-0.1, -0.05) is 29.8 Å². The molecule has 0 fully saturated rings. The third kappa shape index (κ3) is 3.89. The maximum absolute atomic E-state index is 4.50. The van der Waals surface area contributed by atoms with Crippen molar-refractivity contribution in [1.29, 1.82) is 0 Å². The van der Waals surface area contributed by atoms with Crippen LogP contribution in [-0.4, -0.2) is 46.9 Å². The van der Waals surface area contributed by atoms with Gasteiger partial charge in [0.05, 0.1) is 38.8 Å². The number of hydrogen-bond donors (Lipinski definition) is 2. The number of benzene rings is 1. The summed E-state index contributed by atoms with van der Waals surface area (Å²) in [4.78, 5) is 10.2. The van der Waals surface area contributed by atoms with E-state index in [9.17, 15) is 0 Å². The molecule has 3 aromatic rings. The molecule has 0 spiro atoms. The van der Waals surface area contributed by atoms with Crippen LogP contribution in [0.4, 0.5) is 5.82 Å². The second-order valence-electron chi connectivity index (χ2n) is 6.48. The first kappa shape index (κ1) is 16.4. The number of rotatable bonds is 7. The molecule has 0 radical (unpaired) electrons. The predicted molar refractivity (Wildman–Crippen MR) is 96.4 cm³/mol. The number of hydrogen-bond acceptors (Lipinski definition) is 4. The summed E-state index contributed by atoms with van der Waals surface area (Å²) in [5, 5.41) is 8.88. The molecule has 0 aliphatic carbocycles. The van der Waals surface area contributed by atoms with Crippen LogP contribution in [0.5, 0.6) is 0 Å². The molecular weight excluding hydrogens is 300 g/mol. The highest BCUT2D eigenvalue weighted by atomic mass is 15.3. The fourth-order valence-electron chi connectivity index (χ4n) is 2.66. The van der Waals surface area contributed by atoms with Gasteiger partial charge in [-0.2, -0.15) is 5.10 Å². The van der Waals surface area contributed by atoms with Crippen LogP contribution in [-0.2, 0) is 6.54 Å². The minimum absolute atomic E-state index is 0.713. The van der Waals surface area contributed by atoms with Crippen molar-refractivity contribution in [3.8, 4) is 0 Å². The summed E-state index contributed by atoms with van der Waals surface area (Å²) >= 11 is 0. The van der Waals surface area contributed by atoms with Crippen LogP contribution in [0.2, 0.25) is 0 Å². The number of nitrogens with zero attached hydrogens (tertiary/aromatic N) is 4. The van der Waals surface area contributed by atoms with Crippen molar-refractivity contribution < 1.29 is 4.90 Å². The molecule has 0 aliphatic heterocycles. The summed E-state index contributed by atoms with van der Waals surface area (Å²) in [6.45, 7) is 4.84. The first-order valence-corrected chi connectivity index (χ1v) is 8.38. The molecule has 2 N–H and O–H groups in total. The number of fused-ring (bicyclic) bond motifs is 1. The van der Waals surface area contributed by atoms with Crippen LogP contribution < -0.4 is 10.2 Å². The van der Waals surface area contributed by atoms with Gasteiger partial charge >= 0.3 is 0 Å². The van der Waals surface area contributed by atoms with Crippen LogP contribution >= 0.6 is 0 Å². The van der Waals surface area contributed by atoms with E-state index < -0.39 is 0 Å². The quantitative estimate of drug-likeness (QED) is 0.639. The van der Waals surface area contributed by atoms with Crippen molar-refractivity contribution >= 4 is 16.9 Å². The third-order valence-corrected chi connectivity index (χ3v) is 4.03. The Balaban J connectivity index is 1.74. The maximum Gasteiger partial charge on any atom is 0.163 e. The summed E-state index contributed by atoms with van der Waals surface area (Å²) in [6, 6.07) is 8.50. The SMILES string of the molecule is Cc1ccc(Cn2ncc3c(NCCC[NH+](C)C)ncnc32)cc1. The molecule has 2 heterocycles. The minimum Gasteiger partial charge on any atom is -0.369 e. The van der Waals surface area contributed by atoms with E-state index in [1.165, 1.54) is 16.0 Å². The van der Waals surface area contributed by atoms with Crippen molar-refractivity contribution in [3.63, 3.8) is 0 Å². The second-order valence-corrected chi connectivity index (χ2v) is 6.48. The zero-order valence-corrected chi connectivity index (χ0v) is 14.6. The molecule has 0 amide bonds. The van der Waals surface area contributed by atoms with Gasteiger partial charge in [0.2, 0.25) is 0 Å². The van der Waals surface area contributed by atoms with E-state index in [2.05, 4.69) is 65.7 Å². The van der Waals surface area contributed by atoms with Crippen molar-refractivity contribution in [3.05, 3.63) is 47.9 Å². The number of aromatic nitrogens is 4. The first-order valence-electron chi connectivity index (χ1n) is 8.38. The Morgan fingerprint density at radius 3 is 2.67 bits per heavy atom. The number of quaternary nitrogens is 1. The molecule has 6 nitrogen and oxygen atoms in total. The van der Waals surface area contributed by atoms with Crippen LogP contribution in [0.1, 0.15) is 17.5 Å². The lowest BCUT2D eigenvalue weighted by Crippen LogP contribution is -3.05. The van der Waals surface area contributed by atoms with Crippen LogP contribution in [0.25, 0.3) is 11.0 Å². The zero-order chi connectivity index (χ0) is 16.9. The van der Waals surface area contributed by atoms with E-state index in [0.717, 1.165) is 36.4 Å². The molecule has 0 atom stereocenters. The zero-order valence-electron chi connectivity index (χ0n) is 14.6. The number of aryl methyl sites for hydroxylation is 1. The fourth-order valence-corrected chi connectivity index (χ4v) is 2.66. The van der Waals surface area contributed by atoms with E-state index in [1.54, 1.807) is 6.33 Å². The third-order valence-electron chi connectivity index (χ3n) is 4.03. The molecule has 0 saturated heterocycles. The second kappa shape index (κ2) is 7.40. The van der Waals surface area contributed by atoms with Gasteiger partial charge in [0.15, 0.2) is 5.65 Å². The van der Waals surface area contributed by atoms with E-state index in [1.807, 2.05) is 10.9 Å². The molecule has 24 heavy (non-hydrogen) atoms. The Hall–Kier alpha value is -2.47. The molecular formula is C18H25N6+. The minimum atomic E-state index is 0.713. The number of nitrogens with one attached hydrogen (secondary N) is 2. The predicted octanol–water partition coefficient (Wildman–Crippen LogP) is 1.13. The summed E-state index contributed by atoms with van der Waals surface area (Å²) in [5.74, 6) is 0.865. The lowest BCUT2D eigenvalue weighted by Gasteiger charge is -2.09. The average Bonchev–Trinajstić information content (AvgIpc) is 2.97. The Bertz CT molecular complexity index is 791. The van der Waals surface area contributed by atoms with Gasteiger partial charge in [0, 0.05) is 13.0 Å². The molecule has 3 rings (SSSR count). The molecule has 0 unspecified atom stereocenters. The van der Waals surface area contributed by atoms with E-state index >= 15 is 0 Å². The van der Waals surface area contributed by atoms with Crippen LogP contribution in [0.3, 0.4) is 0 Å². The highest BCUT2D eigenvalue weighted by molar-refractivity contribution is 5.86. The largest absolute Gasteiger partial charge is 0.369 e. The van der Waals surface area contributed by atoms with Crippen LogP contribution in [0.15, 0.2) is 36.8 Å². The maximum atomic E-state index is 4.50. The molecule has 2 aromatic heterocycles. The first-order chi connectivity index (χ1) is 11.6.